The van der Waals surface area contributed by atoms with E-state index in [1.54, 1.807) is 18.0 Å². The Hall–Kier alpha value is -2.95. The number of rotatable bonds is 6. The van der Waals surface area contributed by atoms with Crippen LogP contribution >= 0.6 is 0 Å². The maximum absolute atomic E-state index is 13.3. The van der Waals surface area contributed by atoms with E-state index in [1.807, 2.05) is 54.9 Å². The second-order valence-electron chi connectivity index (χ2n) is 6.78. The Kier molecular flexibility index (Phi) is 5.69. The van der Waals surface area contributed by atoms with E-state index in [4.69, 9.17) is 0 Å². The quantitative estimate of drug-likeness (QED) is 0.656. The van der Waals surface area contributed by atoms with Gasteiger partial charge >= 0.3 is 0 Å². The Labute approximate surface area is 159 Å². The molecular weight excluding hydrogens is 341 g/mol. The second kappa shape index (κ2) is 8.16. The fourth-order valence-electron chi connectivity index (χ4n) is 3.18. The molecule has 0 aliphatic carbocycles. The summed E-state index contributed by atoms with van der Waals surface area (Å²) in [6, 6.07) is 16.4. The normalized spacial score (nSPS) is 10.8. The van der Waals surface area contributed by atoms with E-state index in [0.717, 1.165) is 28.2 Å². The summed E-state index contributed by atoms with van der Waals surface area (Å²) < 4.78 is 15.2. The molecule has 0 aliphatic heterocycles. The van der Waals surface area contributed by atoms with E-state index in [2.05, 4.69) is 5.10 Å². The molecule has 140 valence electrons. The first-order valence-corrected chi connectivity index (χ1v) is 9.04. The summed E-state index contributed by atoms with van der Waals surface area (Å²) in [5.74, 6) is -0.238. The van der Waals surface area contributed by atoms with Crippen molar-refractivity contribution < 1.29 is 9.18 Å². The van der Waals surface area contributed by atoms with Gasteiger partial charge in [-0.25, -0.2) is 9.07 Å². The zero-order valence-corrected chi connectivity index (χ0v) is 15.9. The molecule has 0 atom stereocenters. The number of nitrogens with zero attached hydrogens (tertiary/aromatic N) is 3. The molecule has 1 amide bonds. The highest BCUT2D eigenvalue weighted by Crippen LogP contribution is 2.19. The van der Waals surface area contributed by atoms with E-state index < -0.39 is 0 Å². The molecule has 5 heteroatoms. The van der Waals surface area contributed by atoms with Gasteiger partial charge in [0.05, 0.1) is 11.4 Å². The van der Waals surface area contributed by atoms with Crippen LogP contribution in [0.2, 0.25) is 0 Å². The number of amides is 1. The van der Waals surface area contributed by atoms with Crippen LogP contribution in [0.15, 0.2) is 54.6 Å². The van der Waals surface area contributed by atoms with Gasteiger partial charge in [0.1, 0.15) is 5.82 Å². The minimum Gasteiger partial charge on any atom is -0.341 e. The Bertz CT molecular complexity index is 934. The summed E-state index contributed by atoms with van der Waals surface area (Å²) in [6.45, 7) is 4.49. The lowest BCUT2D eigenvalue weighted by atomic mass is 10.1. The summed E-state index contributed by atoms with van der Waals surface area (Å²) in [7, 11) is 1.80. The summed E-state index contributed by atoms with van der Waals surface area (Å²) >= 11 is 0. The molecule has 3 rings (SSSR count). The molecule has 0 saturated heterocycles. The monoisotopic (exact) mass is 365 g/mol. The number of para-hydroxylation sites is 1. The third-order valence-corrected chi connectivity index (χ3v) is 4.78. The average Bonchev–Trinajstić information content (AvgIpc) is 2.95. The van der Waals surface area contributed by atoms with Crippen LogP contribution in [0.3, 0.4) is 0 Å². The van der Waals surface area contributed by atoms with E-state index >= 15 is 0 Å². The van der Waals surface area contributed by atoms with Gasteiger partial charge in [0.15, 0.2) is 0 Å². The SMILES string of the molecule is Cc1nn(-c2ccccc2)c(C)c1CN(C)C(=O)CCc1cccc(F)c1. The smallest absolute Gasteiger partial charge is 0.222 e. The Morgan fingerprint density at radius 2 is 1.85 bits per heavy atom. The van der Waals surface area contributed by atoms with Crippen LogP contribution in [-0.2, 0) is 17.8 Å². The van der Waals surface area contributed by atoms with E-state index in [9.17, 15) is 9.18 Å². The Morgan fingerprint density at radius 1 is 1.11 bits per heavy atom. The zero-order valence-electron chi connectivity index (χ0n) is 15.9. The van der Waals surface area contributed by atoms with Crippen LogP contribution in [0.25, 0.3) is 5.69 Å². The van der Waals surface area contributed by atoms with Crippen molar-refractivity contribution >= 4 is 5.91 Å². The Balaban J connectivity index is 1.67. The zero-order chi connectivity index (χ0) is 19.4. The van der Waals surface area contributed by atoms with Gasteiger partial charge in [-0.05, 0) is 50.1 Å². The fraction of sp³-hybridized carbons (Fsp3) is 0.273. The molecular formula is C22H24FN3O. The van der Waals surface area contributed by atoms with Crippen LogP contribution in [0.4, 0.5) is 4.39 Å². The van der Waals surface area contributed by atoms with Gasteiger partial charge in [0, 0.05) is 31.3 Å². The van der Waals surface area contributed by atoms with Crippen molar-refractivity contribution in [2.45, 2.75) is 33.2 Å². The van der Waals surface area contributed by atoms with Crippen LogP contribution in [0.1, 0.15) is 28.9 Å². The highest BCUT2D eigenvalue weighted by atomic mass is 19.1. The number of carbonyl (C=O) groups excluding carboxylic acids is 1. The van der Waals surface area contributed by atoms with E-state index in [1.165, 1.54) is 12.1 Å². The van der Waals surface area contributed by atoms with Gasteiger partial charge in [-0.3, -0.25) is 4.79 Å². The van der Waals surface area contributed by atoms with Crippen molar-refractivity contribution in [2.24, 2.45) is 0 Å². The molecule has 2 aromatic carbocycles. The molecule has 4 nitrogen and oxygen atoms in total. The number of hydrogen-bond donors (Lipinski definition) is 0. The Morgan fingerprint density at radius 3 is 2.56 bits per heavy atom. The molecule has 0 fully saturated rings. The standard InChI is InChI=1S/C22H24FN3O/c1-16-21(17(2)26(24-16)20-10-5-4-6-11-20)15-25(3)22(27)13-12-18-8-7-9-19(23)14-18/h4-11,14H,12-13,15H2,1-3H3. The molecule has 0 spiro atoms. The number of benzene rings is 2. The average molecular weight is 365 g/mol. The molecule has 0 unspecified atom stereocenters. The predicted molar refractivity (Wildman–Crippen MR) is 104 cm³/mol. The third-order valence-electron chi connectivity index (χ3n) is 4.78. The highest BCUT2D eigenvalue weighted by molar-refractivity contribution is 5.76. The molecule has 0 N–H and O–H groups in total. The van der Waals surface area contributed by atoms with E-state index in [0.29, 0.717) is 19.4 Å². The molecule has 0 radical (unpaired) electrons. The lowest BCUT2D eigenvalue weighted by Crippen LogP contribution is -2.27. The fourth-order valence-corrected chi connectivity index (χ4v) is 3.18. The number of carbonyl (C=O) groups is 1. The number of aromatic nitrogens is 2. The largest absolute Gasteiger partial charge is 0.341 e. The van der Waals surface area contributed by atoms with Crippen LogP contribution in [0.5, 0.6) is 0 Å². The van der Waals surface area contributed by atoms with Crippen molar-refractivity contribution in [1.82, 2.24) is 14.7 Å². The number of hydrogen-bond acceptors (Lipinski definition) is 2. The molecule has 0 saturated carbocycles. The summed E-state index contributed by atoms with van der Waals surface area (Å²) in [5, 5.41) is 4.63. The van der Waals surface area contributed by atoms with Crippen LogP contribution in [0, 0.1) is 19.7 Å². The minimum atomic E-state index is -0.270. The maximum atomic E-state index is 13.3. The maximum Gasteiger partial charge on any atom is 0.222 e. The van der Waals surface area contributed by atoms with E-state index in [-0.39, 0.29) is 11.7 Å². The molecule has 1 aromatic heterocycles. The van der Waals surface area contributed by atoms with Crippen molar-refractivity contribution in [3.63, 3.8) is 0 Å². The molecule has 1 heterocycles. The van der Waals surface area contributed by atoms with Gasteiger partial charge in [-0.1, -0.05) is 30.3 Å². The highest BCUT2D eigenvalue weighted by Gasteiger charge is 2.17. The molecule has 3 aromatic rings. The molecule has 27 heavy (non-hydrogen) atoms. The minimum absolute atomic E-state index is 0.0329. The van der Waals surface area contributed by atoms with Gasteiger partial charge < -0.3 is 4.90 Å². The summed E-state index contributed by atoms with van der Waals surface area (Å²) in [6.07, 6.45) is 0.882. The number of halogens is 1. The van der Waals surface area contributed by atoms with Crippen molar-refractivity contribution in [3.05, 3.63) is 82.9 Å². The predicted octanol–water partition coefficient (Wildman–Crippen LogP) is 4.22. The molecule has 0 aliphatic rings. The first kappa shape index (κ1) is 18.8. The third kappa shape index (κ3) is 4.42. The first-order chi connectivity index (χ1) is 13.0. The first-order valence-electron chi connectivity index (χ1n) is 9.04. The van der Waals surface area contributed by atoms with Gasteiger partial charge in [-0.15, -0.1) is 0 Å². The second-order valence-corrected chi connectivity index (χ2v) is 6.78. The topological polar surface area (TPSA) is 38.1 Å². The number of aryl methyl sites for hydroxylation is 2. The molecule has 0 bridgehead atoms. The summed E-state index contributed by atoms with van der Waals surface area (Å²) in [5.41, 5.74) is 4.84. The van der Waals surface area contributed by atoms with Crippen molar-refractivity contribution in [1.29, 1.82) is 0 Å². The van der Waals surface area contributed by atoms with Crippen molar-refractivity contribution in [3.8, 4) is 5.69 Å². The summed E-state index contributed by atoms with van der Waals surface area (Å²) in [4.78, 5) is 14.2. The van der Waals surface area contributed by atoms with Crippen LogP contribution < -0.4 is 0 Å². The lowest BCUT2D eigenvalue weighted by Gasteiger charge is -2.18. The van der Waals surface area contributed by atoms with Gasteiger partial charge in [0.2, 0.25) is 5.91 Å². The van der Waals surface area contributed by atoms with Crippen LogP contribution in [-0.4, -0.2) is 27.6 Å². The van der Waals surface area contributed by atoms with Gasteiger partial charge in [0.25, 0.3) is 0 Å². The van der Waals surface area contributed by atoms with Gasteiger partial charge in [-0.2, -0.15) is 5.10 Å². The van der Waals surface area contributed by atoms with Crippen molar-refractivity contribution in [2.75, 3.05) is 7.05 Å². The lowest BCUT2D eigenvalue weighted by molar-refractivity contribution is -0.130.